The molecule has 3 aromatic carbocycles. The van der Waals surface area contributed by atoms with Crippen molar-refractivity contribution in [3.63, 3.8) is 0 Å². The van der Waals surface area contributed by atoms with Crippen LogP contribution in [0.5, 0.6) is 5.75 Å². The Labute approximate surface area is 225 Å². The Morgan fingerprint density at radius 3 is 2.36 bits per heavy atom. The molecular weight excluding hydrogens is 496 g/mol. The minimum absolute atomic E-state index is 0.246. The summed E-state index contributed by atoms with van der Waals surface area (Å²) in [6.45, 7) is 1.77. The Balaban J connectivity index is 1.26. The second kappa shape index (κ2) is 9.79. The first-order chi connectivity index (χ1) is 18.9. The minimum Gasteiger partial charge on any atom is -0.497 e. The maximum absolute atomic E-state index is 13.7. The number of benzene rings is 3. The van der Waals surface area contributed by atoms with Gasteiger partial charge in [0.2, 0.25) is 0 Å². The standard InChI is InChI=1S/C29H26N6O4/c1-18-8-10-19(11-9-18)23-16-24(20-12-14-22(39-2)15-13-20)35(31-23)25(36)17-33-27-26(30-32-33)28(37)34(29(27)38)21-6-4-3-5-7-21/h3-15,24,26-27H,16-17H2,1-2H3/t24-,26-,27-/m0/s1. The maximum Gasteiger partial charge on any atom is 0.264 e. The van der Waals surface area contributed by atoms with Crippen molar-refractivity contribution in [2.45, 2.75) is 31.5 Å². The molecule has 0 unspecified atom stereocenters. The summed E-state index contributed by atoms with van der Waals surface area (Å²) in [5.74, 6) is -0.543. The largest absolute Gasteiger partial charge is 0.497 e. The highest BCUT2D eigenvalue weighted by molar-refractivity contribution is 6.25. The van der Waals surface area contributed by atoms with Crippen LogP contribution in [-0.2, 0) is 14.4 Å². The number of amides is 3. The number of aryl methyl sites for hydroxylation is 1. The first kappa shape index (κ1) is 24.5. The van der Waals surface area contributed by atoms with E-state index in [1.165, 1.54) is 10.0 Å². The van der Waals surface area contributed by atoms with Crippen LogP contribution in [0.25, 0.3) is 0 Å². The number of fused-ring (bicyclic) bond motifs is 1. The number of hydrogen-bond acceptors (Lipinski definition) is 8. The first-order valence-corrected chi connectivity index (χ1v) is 12.7. The molecule has 39 heavy (non-hydrogen) atoms. The van der Waals surface area contributed by atoms with Crippen molar-refractivity contribution < 1.29 is 19.1 Å². The Kier molecular flexibility index (Phi) is 6.14. The monoisotopic (exact) mass is 522 g/mol. The van der Waals surface area contributed by atoms with Crippen LogP contribution in [0.4, 0.5) is 5.69 Å². The number of carbonyl (C=O) groups excluding carboxylic acids is 3. The predicted octanol–water partition coefficient (Wildman–Crippen LogP) is 3.67. The highest BCUT2D eigenvalue weighted by atomic mass is 16.5. The van der Waals surface area contributed by atoms with Crippen LogP contribution < -0.4 is 9.64 Å². The van der Waals surface area contributed by atoms with Crippen LogP contribution in [0.15, 0.2) is 94.3 Å². The number of hydrogen-bond donors (Lipinski definition) is 0. The molecule has 0 N–H and O–H groups in total. The summed E-state index contributed by atoms with van der Waals surface area (Å²) in [5, 5.41) is 15.6. The molecule has 0 saturated carbocycles. The average Bonchev–Trinajstić information content (AvgIpc) is 3.65. The summed E-state index contributed by atoms with van der Waals surface area (Å²) in [6, 6.07) is 21.9. The fourth-order valence-corrected chi connectivity index (χ4v) is 5.14. The van der Waals surface area contributed by atoms with Gasteiger partial charge in [0, 0.05) is 6.42 Å². The van der Waals surface area contributed by atoms with Gasteiger partial charge in [0.15, 0.2) is 12.1 Å². The summed E-state index contributed by atoms with van der Waals surface area (Å²) in [5.41, 5.74) is 4.22. The summed E-state index contributed by atoms with van der Waals surface area (Å²) in [7, 11) is 1.60. The normalized spacial score (nSPS) is 21.9. The Bertz CT molecular complexity index is 1490. The van der Waals surface area contributed by atoms with Gasteiger partial charge in [-0.2, -0.15) is 10.2 Å². The van der Waals surface area contributed by atoms with Gasteiger partial charge in [-0.3, -0.25) is 19.4 Å². The molecule has 3 aromatic rings. The number of para-hydroxylation sites is 1. The maximum atomic E-state index is 13.7. The van der Waals surface area contributed by atoms with Crippen molar-refractivity contribution in [3.8, 4) is 5.75 Å². The lowest BCUT2D eigenvalue weighted by molar-refractivity contribution is -0.135. The molecule has 3 aliphatic heterocycles. The van der Waals surface area contributed by atoms with E-state index >= 15 is 0 Å². The van der Waals surface area contributed by atoms with Gasteiger partial charge in [0.1, 0.15) is 12.3 Å². The molecule has 6 rings (SSSR count). The van der Waals surface area contributed by atoms with Gasteiger partial charge in [-0.1, -0.05) is 65.4 Å². The zero-order valence-electron chi connectivity index (χ0n) is 21.5. The lowest BCUT2D eigenvalue weighted by Crippen LogP contribution is -2.44. The van der Waals surface area contributed by atoms with E-state index in [1.54, 1.807) is 37.4 Å². The minimum atomic E-state index is -0.979. The van der Waals surface area contributed by atoms with Crippen LogP contribution in [0, 0.1) is 6.92 Å². The number of carbonyl (C=O) groups is 3. The van der Waals surface area contributed by atoms with Gasteiger partial charge in [0.25, 0.3) is 17.7 Å². The Morgan fingerprint density at radius 2 is 1.67 bits per heavy atom. The summed E-state index contributed by atoms with van der Waals surface area (Å²) >= 11 is 0. The van der Waals surface area contributed by atoms with E-state index in [0.717, 1.165) is 27.3 Å². The van der Waals surface area contributed by atoms with E-state index in [-0.39, 0.29) is 18.5 Å². The predicted molar refractivity (Wildman–Crippen MR) is 143 cm³/mol. The molecule has 0 aromatic heterocycles. The van der Waals surface area contributed by atoms with Crippen molar-refractivity contribution >= 4 is 29.1 Å². The van der Waals surface area contributed by atoms with E-state index in [2.05, 4.69) is 10.3 Å². The molecule has 3 atom stereocenters. The number of rotatable bonds is 6. The fourth-order valence-electron chi connectivity index (χ4n) is 5.14. The molecule has 3 amide bonds. The van der Waals surface area contributed by atoms with E-state index in [0.29, 0.717) is 17.9 Å². The third kappa shape index (κ3) is 4.33. The second-order valence-electron chi connectivity index (χ2n) is 9.68. The zero-order valence-corrected chi connectivity index (χ0v) is 21.5. The molecule has 196 valence electrons. The van der Waals surface area contributed by atoms with Gasteiger partial charge in [-0.05, 0) is 42.3 Å². The lowest BCUT2D eigenvalue weighted by Gasteiger charge is -2.25. The Morgan fingerprint density at radius 1 is 0.949 bits per heavy atom. The van der Waals surface area contributed by atoms with Crippen LogP contribution >= 0.6 is 0 Å². The number of nitrogens with zero attached hydrogens (tertiary/aromatic N) is 6. The van der Waals surface area contributed by atoms with Crippen molar-refractivity contribution in [1.29, 1.82) is 0 Å². The van der Waals surface area contributed by atoms with Gasteiger partial charge >= 0.3 is 0 Å². The first-order valence-electron chi connectivity index (χ1n) is 12.7. The molecule has 10 heteroatoms. The van der Waals surface area contributed by atoms with Gasteiger partial charge < -0.3 is 4.74 Å². The van der Waals surface area contributed by atoms with Gasteiger partial charge in [-0.15, -0.1) is 0 Å². The third-order valence-electron chi connectivity index (χ3n) is 7.22. The van der Waals surface area contributed by atoms with Crippen LogP contribution in [0.2, 0.25) is 0 Å². The molecule has 3 aliphatic rings. The van der Waals surface area contributed by atoms with Crippen molar-refractivity contribution in [2.24, 2.45) is 15.4 Å². The highest BCUT2D eigenvalue weighted by Crippen LogP contribution is 2.35. The van der Waals surface area contributed by atoms with Crippen molar-refractivity contribution in [3.05, 3.63) is 95.6 Å². The second-order valence-corrected chi connectivity index (χ2v) is 9.68. The van der Waals surface area contributed by atoms with Crippen molar-refractivity contribution in [1.82, 2.24) is 10.0 Å². The van der Waals surface area contributed by atoms with E-state index in [9.17, 15) is 14.4 Å². The van der Waals surface area contributed by atoms with Crippen LogP contribution in [0.3, 0.4) is 0 Å². The van der Waals surface area contributed by atoms with Crippen LogP contribution in [0.1, 0.15) is 29.2 Å². The van der Waals surface area contributed by atoms with Crippen LogP contribution in [-0.4, -0.2) is 59.2 Å². The molecule has 0 aliphatic carbocycles. The van der Waals surface area contributed by atoms with E-state index in [4.69, 9.17) is 9.84 Å². The molecule has 0 spiro atoms. The van der Waals surface area contributed by atoms with E-state index < -0.39 is 23.9 Å². The summed E-state index contributed by atoms with van der Waals surface area (Å²) in [4.78, 5) is 41.1. The number of anilines is 1. The third-order valence-corrected chi connectivity index (χ3v) is 7.22. The molecule has 1 saturated heterocycles. The fraction of sp³-hybridized carbons (Fsp3) is 0.241. The lowest BCUT2D eigenvalue weighted by atomic mass is 9.98. The van der Waals surface area contributed by atoms with E-state index in [1.807, 2.05) is 55.5 Å². The molecular formula is C29H26N6O4. The number of ether oxygens (including phenoxy) is 1. The number of hydrazone groups is 1. The molecule has 0 radical (unpaired) electrons. The average molecular weight is 523 g/mol. The number of methoxy groups -OCH3 is 1. The number of imide groups is 1. The van der Waals surface area contributed by atoms with Gasteiger partial charge in [0.05, 0.1) is 24.6 Å². The van der Waals surface area contributed by atoms with Gasteiger partial charge in [-0.25, -0.2) is 9.91 Å². The highest BCUT2D eigenvalue weighted by Gasteiger charge is 2.55. The topological polar surface area (TPSA) is 107 Å². The zero-order chi connectivity index (χ0) is 27.1. The molecule has 3 heterocycles. The SMILES string of the molecule is COc1ccc([C@@H]2CC(c3ccc(C)cc3)=NN2C(=O)CN2N=N[C@@H]3C(=O)N(c4ccccc4)C(=O)[C@H]32)cc1. The smallest absolute Gasteiger partial charge is 0.264 e. The molecule has 0 bridgehead atoms. The van der Waals surface area contributed by atoms with Crippen molar-refractivity contribution in [2.75, 3.05) is 18.6 Å². The summed E-state index contributed by atoms with van der Waals surface area (Å²) in [6.07, 6.45) is 0.522. The Hall–Kier alpha value is -4.86. The molecule has 1 fully saturated rings. The molecule has 10 nitrogen and oxygen atoms in total. The summed E-state index contributed by atoms with van der Waals surface area (Å²) < 4.78 is 5.29. The quantitative estimate of drug-likeness (QED) is 0.459.